The minimum Gasteiger partial charge on any atom is -0.490 e. The predicted octanol–water partition coefficient (Wildman–Crippen LogP) is 4.56. The molecule has 204 valence electrons. The summed E-state index contributed by atoms with van der Waals surface area (Å²) < 4.78 is 28.7. The van der Waals surface area contributed by atoms with Crippen molar-refractivity contribution in [3.63, 3.8) is 0 Å². The van der Waals surface area contributed by atoms with Gasteiger partial charge in [0, 0.05) is 25.4 Å². The Labute approximate surface area is 226 Å². The zero-order valence-corrected chi connectivity index (χ0v) is 22.5. The molecule has 10 nitrogen and oxygen atoms in total. The van der Waals surface area contributed by atoms with Gasteiger partial charge in [0.1, 0.15) is 24.0 Å². The van der Waals surface area contributed by atoms with E-state index >= 15 is 0 Å². The minimum atomic E-state index is -0.655. The van der Waals surface area contributed by atoms with Crippen LogP contribution in [0, 0.1) is 5.82 Å². The van der Waals surface area contributed by atoms with Gasteiger partial charge in [-0.15, -0.1) is 0 Å². The molecular formula is C28H32FN7O3. The maximum absolute atomic E-state index is 14.9. The second-order valence-electron chi connectivity index (χ2n) is 10.7. The number of hydrogen-bond donors (Lipinski definition) is 1. The molecule has 0 bridgehead atoms. The fraction of sp³-hybridized carbons (Fsp3) is 0.393. The van der Waals surface area contributed by atoms with Crippen LogP contribution in [0.25, 0.3) is 10.9 Å². The first kappa shape index (κ1) is 26.5. The first-order valence-electron chi connectivity index (χ1n) is 12.9. The number of nitrogens with zero attached hydrogens (tertiary/aromatic N) is 6. The van der Waals surface area contributed by atoms with Gasteiger partial charge in [-0.3, -0.25) is 14.5 Å². The molecule has 0 saturated carbocycles. The van der Waals surface area contributed by atoms with Gasteiger partial charge in [0.25, 0.3) is 0 Å². The summed E-state index contributed by atoms with van der Waals surface area (Å²) in [7, 11) is 2.11. The number of hydrogen-bond acceptors (Lipinski definition) is 8. The second-order valence-corrected chi connectivity index (χ2v) is 10.7. The first-order chi connectivity index (χ1) is 18.6. The SMILES string of the molecule is CN1CCC(Oc2ccc3ncnc(Oc4cnc(CC(=O)Nc5cnn(C(C)(C)C)c5)c(F)c4)c3c2)CC1. The lowest BCUT2D eigenvalue weighted by Crippen LogP contribution is -2.35. The molecular weight excluding hydrogens is 501 g/mol. The molecule has 4 heterocycles. The number of carbonyl (C=O) groups excluding carboxylic acids is 1. The summed E-state index contributed by atoms with van der Waals surface area (Å²) in [6, 6.07) is 6.76. The lowest BCUT2D eigenvalue weighted by molar-refractivity contribution is -0.115. The van der Waals surface area contributed by atoms with E-state index in [2.05, 4.69) is 37.3 Å². The number of carbonyl (C=O) groups is 1. The van der Waals surface area contributed by atoms with Crippen molar-refractivity contribution in [3.05, 3.63) is 60.7 Å². The fourth-order valence-corrected chi connectivity index (χ4v) is 4.32. The number of anilines is 1. The Kier molecular flexibility index (Phi) is 7.42. The lowest BCUT2D eigenvalue weighted by Gasteiger charge is -2.29. The molecule has 1 aliphatic heterocycles. The van der Waals surface area contributed by atoms with Crippen molar-refractivity contribution in [2.24, 2.45) is 0 Å². The number of benzene rings is 1. The molecule has 0 spiro atoms. The van der Waals surface area contributed by atoms with Crippen LogP contribution >= 0.6 is 0 Å². The highest BCUT2D eigenvalue weighted by Crippen LogP contribution is 2.31. The summed E-state index contributed by atoms with van der Waals surface area (Å²) in [6.07, 6.45) is 7.87. The van der Waals surface area contributed by atoms with Crippen LogP contribution in [0.2, 0.25) is 0 Å². The van der Waals surface area contributed by atoms with E-state index in [9.17, 15) is 9.18 Å². The Morgan fingerprint density at radius 3 is 2.62 bits per heavy atom. The van der Waals surface area contributed by atoms with Gasteiger partial charge >= 0.3 is 0 Å². The van der Waals surface area contributed by atoms with Crippen LogP contribution in [-0.2, 0) is 16.8 Å². The molecule has 0 unspecified atom stereocenters. The quantitative estimate of drug-likeness (QED) is 0.368. The van der Waals surface area contributed by atoms with Crippen molar-refractivity contribution in [1.82, 2.24) is 29.6 Å². The van der Waals surface area contributed by atoms with Crippen LogP contribution in [0.15, 0.2) is 49.2 Å². The Morgan fingerprint density at radius 2 is 1.90 bits per heavy atom. The van der Waals surface area contributed by atoms with Gasteiger partial charge in [0.05, 0.1) is 46.6 Å². The number of aromatic nitrogens is 5. The molecule has 1 fully saturated rings. The normalized spacial score (nSPS) is 14.9. The van der Waals surface area contributed by atoms with Gasteiger partial charge in [-0.05, 0) is 58.9 Å². The summed E-state index contributed by atoms with van der Waals surface area (Å²) in [5.41, 5.74) is 0.990. The van der Waals surface area contributed by atoms with E-state index in [1.54, 1.807) is 17.1 Å². The molecule has 1 aromatic carbocycles. The molecule has 1 saturated heterocycles. The number of likely N-dealkylation sites (tertiary alicyclic amines) is 1. The van der Waals surface area contributed by atoms with Gasteiger partial charge in [0.2, 0.25) is 11.8 Å². The summed E-state index contributed by atoms with van der Waals surface area (Å²) in [4.78, 5) is 27.5. The molecule has 1 aliphatic rings. The van der Waals surface area contributed by atoms with Gasteiger partial charge in [-0.1, -0.05) is 0 Å². The molecule has 4 aromatic rings. The molecule has 39 heavy (non-hydrogen) atoms. The Hall–Kier alpha value is -4.12. The van der Waals surface area contributed by atoms with E-state index in [1.165, 1.54) is 18.6 Å². The highest BCUT2D eigenvalue weighted by atomic mass is 19.1. The summed E-state index contributed by atoms with van der Waals surface area (Å²) in [6.45, 7) is 7.99. The number of nitrogens with one attached hydrogen (secondary N) is 1. The topological polar surface area (TPSA) is 107 Å². The van der Waals surface area contributed by atoms with Crippen LogP contribution in [0.1, 0.15) is 39.3 Å². The van der Waals surface area contributed by atoms with Crippen LogP contribution in [0.3, 0.4) is 0 Å². The average Bonchev–Trinajstić information content (AvgIpc) is 3.36. The monoisotopic (exact) mass is 533 g/mol. The summed E-state index contributed by atoms with van der Waals surface area (Å²) >= 11 is 0. The first-order valence-corrected chi connectivity index (χ1v) is 12.9. The van der Waals surface area contributed by atoms with Gasteiger partial charge < -0.3 is 19.7 Å². The third-order valence-corrected chi connectivity index (χ3v) is 6.53. The third-order valence-electron chi connectivity index (χ3n) is 6.53. The minimum absolute atomic E-state index is 0.00409. The maximum atomic E-state index is 14.9. The average molecular weight is 534 g/mol. The van der Waals surface area contributed by atoms with Crippen molar-refractivity contribution in [1.29, 1.82) is 0 Å². The van der Waals surface area contributed by atoms with Crippen molar-refractivity contribution < 1.29 is 18.7 Å². The van der Waals surface area contributed by atoms with Crippen LogP contribution < -0.4 is 14.8 Å². The number of piperidine rings is 1. The number of halogens is 1. The zero-order chi connectivity index (χ0) is 27.6. The number of amides is 1. The maximum Gasteiger partial charge on any atom is 0.230 e. The Bertz CT molecular complexity index is 1480. The lowest BCUT2D eigenvalue weighted by atomic mass is 10.1. The molecule has 0 aliphatic carbocycles. The molecule has 1 amide bonds. The summed E-state index contributed by atoms with van der Waals surface area (Å²) in [5, 5.41) is 7.62. The van der Waals surface area contributed by atoms with Crippen LogP contribution in [-0.4, -0.2) is 61.8 Å². The van der Waals surface area contributed by atoms with E-state index in [-0.39, 0.29) is 35.4 Å². The largest absolute Gasteiger partial charge is 0.490 e. The zero-order valence-electron chi connectivity index (χ0n) is 22.5. The molecule has 11 heteroatoms. The van der Waals surface area contributed by atoms with E-state index in [4.69, 9.17) is 9.47 Å². The van der Waals surface area contributed by atoms with E-state index in [0.717, 1.165) is 25.9 Å². The number of fused-ring (bicyclic) bond motifs is 1. The van der Waals surface area contributed by atoms with Crippen molar-refractivity contribution >= 4 is 22.5 Å². The van der Waals surface area contributed by atoms with E-state index in [1.807, 2.05) is 39.0 Å². The number of rotatable bonds is 7. The fourth-order valence-electron chi connectivity index (χ4n) is 4.32. The number of pyridine rings is 1. The van der Waals surface area contributed by atoms with Crippen LogP contribution in [0.4, 0.5) is 10.1 Å². The van der Waals surface area contributed by atoms with Crippen molar-refractivity contribution in [2.75, 3.05) is 25.5 Å². The number of ether oxygens (including phenoxy) is 2. The van der Waals surface area contributed by atoms with Crippen LogP contribution in [0.5, 0.6) is 17.4 Å². The molecule has 0 radical (unpaired) electrons. The van der Waals surface area contributed by atoms with Crippen molar-refractivity contribution in [2.45, 2.75) is 51.7 Å². The molecule has 5 rings (SSSR count). The van der Waals surface area contributed by atoms with Gasteiger partial charge in [-0.25, -0.2) is 14.4 Å². The van der Waals surface area contributed by atoms with Gasteiger partial charge in [-0.2, -0.15) is 5.10 Å². The highest BCUT2D eigenvalue weighted by Gasteiger charge is 2.19. The smallest absolute Gasteiger partial charge is 0.230 e. The molecule has 0 atom stereocenters. The third kappa shape index (κ3) is 6.48. The van der Waals surface area contributed by atoms with Crippen molar-refractivity contribution in [3.8, 4) is 17.4 Å². The summed E-state index contributed by atoms with van der Waals surface area (Å²) in [5.74, 6) is 0.0664. The van der Waals surface area contributed by atoms with E-state index < -0.39 is 11.7 Å². The van der Waals surface area contributed by atoms with E-state index in [0.29, 0.717) is 22.3 Å². The second kappa shape index (κ2) is 10.9. The highest BCUT2D eigenvalue weighted by molar-refractivity contribution is 5.91. The molecule has 1 N–H and O–H groups in total. The molecule has 3 aromatic heterocycles. The standard InChI is InChI=1S/C28H32FN7O3/c1-28(2,3)36-16-18(14-33-36)34-26(37)13-25-23(29)12-21(15-30-25)39-27-22-11-20(5-6-24(22)31-17-32-27)38-19-7-9-35(4)10-8-19/h5-6,11-12,14-17,19H,7-10,13H2,1-4H3,(H,34,37). The Balaban J connectivity index is 1.26. The van der Waals surface area contributed by atoms with Gasteiger partial charge in [0.15, 0.2) is 5.75 Å². The predicted molar refractivity (Wildman–Crippen MR) is 145 cm³/mol. The Morgan fingerprint density at radius 1 is 1.10 bits per heavy atom.